The van der Waals surface area contributed by atoms with Crippen LogP contribution in [0.15, 0.2) is 12.1 Å². The summed E-state index contributed by atoms with van der Waals surface area (Å²) in [6.45, 7) is 5.79. The van der Waals surface area contributed by atoms with E-state index in [1.165, 1.54) is 13.2 Å². The van der Waals surface area contributed by atoms with Crippen LogP contribution in [0.5, 0.6) is 5.75 Å². The summed E-state index contributed by atoms with van der Waals surface area (Å²) in [7, 11) is 3.13. The number of nitrogens with zero attached hydrogens (tertiary/aromatic N) is 1. The van der Waals surface area contributed by atoms with E-state index in [1.807, 2.05) is 6.92 Å². The van der Waals surface area contributed by atoms with E-state index in [9.17, 15) is 9.59 Å². The second kappa shape index (κ2) is 13.7. The van der Waals surface area contributed by atoms with Crippen LogP contribution in [0.4, 0.5) is 5.69 Å². The van der Waals surface area contributed by atoms with E-state index in [2.05, 4.69) is 17.1 Å². The smallest absolute Gasteiger partial charge is 0.305 e. The lowest BCUT2D eigenvalue weighted by molar-refractivity contribution is -0.143. The van der Waals surface area contributed by atoms with Gasteiger partial charge in [-0.15, -0.1) is 12.4 Å². The third-order valence-corrected chi connectivity index (χ3v) is 6.08. The number of methoxy groups -OCH3 is 2. The Hall–Kier alpha value is -1.74. The summed E-state index contributed by atoms with van der Waals surface area (Å²) in [5.41, 5.74) is 6.50. The Morgan fingerprint density at radius 2 is 2.03 bits per heavy atom. The topological polar surface area (TPSA) is 103 Å². The molecule has 2 rings (SSSR count). The van der Waals surface area contributed by atoms with Crippen molar-refractivity contribution in [3.05, 3.63) is 22.7 Å². The number of nitrogen functional groups attached to an aromatic ring is 1. The van der Waals surface area contributed by atoms with Gasteiger partial charge in [0.1, 0.15) is 5.75 Å². The molecule has 10 heteroatoms. The SMILES string of the molecule is CCOC(=O)CCC(CC)N1CCC(NC(=O)c2cc(Cl)c(N)cc2OC)C(OC)C1.Cl. The molecule has 0 radical (unpaired) electrons. The van der Waals surface area contributed by atoms with Crippen molar-refractivity contribution in [3.63, 3.8) is 0 Å². The maximum absolute atomic E-state index is 12.9. The Morgan fingerprint density at radius 1 is 1.31 bits per heavy atom. The van der Waals surface area contributed by atoms with Crippen molar-refractivity contribution in [2.24, 2.45) is 0 Å². The van der Waals surface area contributed by atoms with E-state index >= 15 is 0 Å². The Bertz CT molecular complexity index is 765. The number of hydrogen-bond acceptors (Lipinski definition) is 7. The number of rotatable bonds is 10. The summed E-state index contributed by atoms with van der Waals surface area (Å²) >= 11 is 6.10. The molecule has 3 N–H and O–H groups in total. The molecule has 1 heterocycles. The van der Waals surface area contributed by atoms with Gasteiger partial charge in [0.2, 0.25) is 0 Å². The van der Waals surface area contributed by atoms with E-state index in [0.717, 1.165) is 25.8 Å². The normalized spacial score (nSPS) is 19.5. The standard InChI is InChI=1S/C22H34ClN3O5.ClH/c1-5-14(7-8-21(27)31-6-2)26-10-9-18(20(13-26)30-4)25-22(28)15-11-16(23)17(24)12-19(15)29-3;/h11-12,14,18,20H,5-10,13,24H2,1-4H3,(H,25,28);1H. The summed E-state index contributed by atoms with van der Waals surface area (Å²) in [5, 5.41) is 3.36. The van der Waals surface area contributed by atoms with Gasteiger partial charge in [-0.2, -0.15) is 0 Å². The van der Waals surface area contributed by atoms with Crippen molar-refractivity contribution >= 4 is 41.6 Å². The maximum Gasteiger partial charge on any atom is 0.305 e. The molecule has 1 aromatic rings. The molecule has 1 aliphatic rings. The monoisotopic (exact) mass is 491 g/mol. The highest BCUT2D eigenvalue weighted by molar-refractivity contribution is 6.33. The zero-order chi connectivity index (χ0) is 23.0. The van der Waals surface area contributed by atoms with Crippen LogP contribution < -0.4 is 15.8 Å². The van der Waals surface area contributed by atoms with Crippen molar-refractivity contribution in [1.29, 1.82) is 0 Å². The lowest BCUT2D eigenvalue weighted by Gasteiger charge is -2.41. The van der Waals surface area contributed by atoms with E-state index in [4.69, 9.17) is 31.5 Å². The predicted molar refractivity (Wildman–Crippen MR) is 128 cm³/mol. The first-order chi connectivity index (χ1) is 14.8. The lowest BCUT2D eigenvalue weighted by Crippen LogP contribution is -2.56. The van der Waals surface area contributed by atoms with Gasteiger partial charge in [-0.25, -0.2) is 0 Å². The molecule has 0 aromatic heterocycles. The number of ether oxygens (including phenoxy) is 3. The van der Waals surface area contributed by atoms with Crippen molar-refractivity contribution in [1.82, 2.24) is 10.2 Å². The number of carbonyl (C=O) groups is 2. The molecule has 0 spiro atoms. The van der Waals surface area contributed by atoms with Crippen molar-refractivity contribution in [2.45, 2.75) is 57.7 Å². The maximum atomic E-state index is 12.9. The van der Waals surface area contributed by atoms with Gasteiger partial charge in [-0.3, -0.25) is 14.5 Å². The quantitative estimate of drug-likeness (QED) is 0.382. The molecule has 1 aliphatic heterocycles. The largest absolute Gasteiger partial charge is 0.496 e. The number of amides is 1. The van der Waals surface area contributed by atoms with Crippen LogP contribution in [0.3, 0.4) is 0 Å². The molecule has 8 nitrogen and oxygen atoms in total. The van der Waals surface area contributed by atoms with E-state index in [-0.39, 0.29) is 42.5 Å². The first-order valence-corrected chi connectivity index (χ1v) is 11.1. The highest BCUT2D eigenvalue weighted by Gasteiger charge is 2.33. The van der Waals surface area contributed by atoms with Gasteiger partial charge in [0.25, 0.3) is 5.91 Å². The molecule has 3 atom stereocenters. The summed E-state index contributed by atoms with van der Waals surface area (Å²) in [5.74, 6) is -0.0769. The number of nitrogens with one attached hydrogen (secondary N) is 1. The number of likely N-dealkylation sites (tertiary alicyclic amines) is 1. The minimum Gasteiger partial charge on any atom is -0.496 e. The van der Waals surface area contributed by atoms with Crippen LogP contribution in [0, 0.1) is 0 Å². The van der Waals surface area contributed by atoms with Crippen LogP contribution in [-0.2, 0) is 14.3 Å². The van der Waals surface area contributed by atoms with Crippen LogP contribution >= 0.6 is 24.0 Å². The summed E-state index contributed by atoms with van der Waals surface area (Å²) in [4.78, 5) is 27.0. The number of halogens is 2. The average molecular weight is 492 g/mol. The van der Waals surface area contributed by atoms with Crippen LogP contribution in [0.2, 0.25) is 5.02 Å². The molecule has 0 bridgehead atoms. The fraction of sp³-hybridized carbons (Fsp3) is 0.636. The molecule has 1 aromatic carbocycles. The van der Waals surface area contributed by atoms with Crippen LogP contribution in [0.1, 0.15) is 49.9 Å². The van der Waals surface area contributed by atoms with Gasteiger partial charge >= 0.3 is 5.97 Å². The zero-order valence-electron chi connectivity index (χ0n) is 19.2. The highest BCUT2D eigenvalue weighted by Crippen LogP contribution is 2.29. The molecular weight excluding hydrogens is 457 g/mol. The Labute approximate surface area is 201 Å². The van der Waals surface area contributed by atoms with Gasteiger partial charge in [-0.1, -0.05) is 18.5 Å². The Balaban J connectivity index is 0.00000512. The fourth-order valence-electron chi connectivity index (χ4n) is 4.00. The number of esters is 1. The van der Waals surface area contributed by atoms with Gasteiger partial charge in [-0.05, 0) is 32.3 Å². The average Bonchev–Trinajstić information content (AvgIpc) is 2.76. The molecule has 182 valence electrons. The lowest BCUT2D eigenvalue weighted by atomic mass is 9.97. The molecule has 3 unspecified atom stereocenters. The Morgan fingerprint density at radius 3 is 2.62 bits per heavy atom. The van der Waals surface area contributed by atoms with E-state index in [0.29, 0.717) is 41.6 Å². The highest BCUT2D eigenvalue weighted by atomic mass is 35.5. The number of piperidine rings is 1. The number of benzene rings is 1. The molecule has 1 saturated heterocycles. The summed E-state index contributed by atoms with van der Waals surface area (Å²) in [6.07, 6.45) is 2.62. The number of carbonyl (C=O) groups excluding carboxylic acids is 2. The molecule has 1 amide bonds. The van der Waals surface area contributed by atoms with E-state index < -0.39 is 0 Å². The van der Waals surface area contributed by atoms with Crippen molar-refractivity contribution in [2.75, 3.05) is 39.6 Å². The third-order valence-electron chi connectivity index (χ3n) is 5.75. The first kappa shape index (κ1) is 28.3. The molecule has 1 fully saturated rings. The van der Waals surface area contributed by atoms with Crippen LogP contribution in [-0.4, -0.2) is 68.9 Å². The van der Waals surface area contributed by atoms with Gasteiger partial charge in [0, 0.05) is 38.7 Å². The van der Waals surface area contributed by atoms with Crippen molar-refractivity contribution in [3.8, 4) is 5.75 Å². The summed E-state index contributed by atoms with van der Waals surface area (Å²) in [6, 6.07) is 3.17. The summed E-state index contributed by atoms with van der Waals surface area (Å²) < 4.78 is 16.0. The van der Waals surface area contributed by atoms with Gasteiger partial charge < -0.3 is 25.3 Å². The Kier molecular flexibility index (Phi) is 12.1. The second-order valence-electron chi connectivity index (χ2n) is 7.62. The fourth-order valence-corrected chi connectivity index (χ4v) is 4.16. The number of anilines is 1. The van der Waals surface area contributed by atoms with Crippen LogP contribution in [0.25, 0.3) is 0 Å². The van der Waals surface area contributed by atoms with Crippen molar-refractivity contribution < 1.29 is 23.8 Å². The van der Waals surface area contributed by atoms with Gasteiger partial charge in [0.15, 0.2) is 0 Å². The number of nitrogens with two attached hydrogens (primary N) is 1. The zero-order valence-corrected chi connectivity index (χ0v) is 20.8. The van der Waals surface area contributed by atoms with E-state index in [1.54, 1.807) is 13.2 Å². The molecule has 0 aliphatic carbocycles. The minimum atomic E-state index is -0.284. The predicted octanol–water partition coefficient (Wildman–Crippen LogP) is 3.29. The third kappa shape index (κ3) is 7.40. The first-order valence-electron chi connectivity index (χ1n) is 10.7. The number of hydrogen-bond donors (Lipinski definition) is 2. The molecule has 32 heavy (non-hydrogen) atoms. The molecule has 0 saturated carbocycles. The molecular formula is C22H35Cl2N3O5. The van der Waals surface area contributed by atoms with Gasteiger partial charge in [0.05, 0.1) is 42.1 Å². The second-order valence-corrected chi connectivity index (χ2v) is 8.02. The minimum absolute atomic E-state index is 0.